The number of amides is 2. The first-order valence-electron chi connectivity index (χ1n) is 13.0. The summed E-state index contributed by atoms with van der Waals surface area (Å²) in [5, 5.41) is 12.8. The highest BCUT2D eigenvalue weighted by Crippen LogP contribution is 2.60. The van der Waals surface area contributed by atoms with E-state index in [4.69, 9.17) is 4.74 Å². The number of aliphatic hydroxyl groups excluding tert-OH is 1. The number of hydrogen-bond donors (Lipinski definition) is 3. The molecule has 38 heavy (non-hydrogen) atoms. The van der Waals surface area contributed by atoms with E-state index >= 15 is 0 Å². The van der Waals surface area contributed by atoms with Crippen LogP contribution in [0.3, 0.4) is 0 Å². The normalized spacial score (nSPS) is 24.6. The Morgan fingerprint density at radius 1 is 1.05 bits per heavy atom. The van der Waals surface area contributed by atoms with E-state index in [9.17, 15) is 19.5 Å². The van der Waals surface area contributed by atoms with Gasteiger partial charge < -0.3 is 24.9 Å². The lowest BCUT2D eigenvalue weighted by Crippen LogP contribution is -2.46. The van der Waals surface area contributed by atoms with Gasteiger partial charge in [-0.05, 0) is 55.4 Å². The minimum absolute atomic E-state index is 0.101. The number of benzene rings is 3. The lowest BCUT2D eigenvalue weighted by Gasteiger charge is -2.32. The smallest absolute Gasteiger partial charge is 0.264 e. The Morgan fingerprint density at radius 2 is 1.71 bits per heavy atom. The van der Waals surface area contributed by atoms with Crippen molar-refractivity contribution in [2.45, 2.75) is 50.2 Å². The molecule has 2 aliphatic heterocycles. The molecule has 3 aromatic rings. The Labute approximate surface area is 224 Å². The van der Waals surface area contributed by atoms with Crippen LogP contribution in [0.2, 0.25) is 18.6 Å². The standard InChI is InChI=1S/C30H34N2O5Si/c1-20-27(38(2,3)36)26(16-17-33)37-30(20)24-18-23(31-28(34)22-12-8-5-9-13-22)14-15-25(24)32(29(30)35)19-21-10-6-4-7-11-21/h4-15,18,20,26-27,33,36H,16-17,19H2,1-3H3,(H,31,34)/t20-,26+,27-,30+/m0/s1. The number of aliphatic hydroxyl groups is 1. The van der Waals surface area contributed by atoms with Crippen molar-refractivity contribution in [1.29, 1.82) is 0 Å². The molecule has 0 radical (unpaired) electrons. The van der Waals surface area contributed by atoms with Gasteiger partial charge in [-0.2, -0.15) is 0 Å². The lowest BCUT2D eigenvalue weighted by atomic mass is 9.82. The van der Waals surface area contributed by atoms with Crippen molar-refractivity contribution < 1.29 is 24.2 Å². The third kappa shape index (κ3) is 4.47. The van der Waals surface area contributed by atoms with Crippen molar-refractivity contribution in [2.75, 3.05) is 16.8 Å². The molecule has 8 heteroatoms. The zero-order chi connectivity index (χ0) is 27.1. The van der Waals surface area contributed by atoms with Crippen molar-refractivity contribution >= 4 is 31.5 Å². The van der Waals surface area contributed by atoms with Crippen LogP contribution in [-0.2, 0) is 21.7 Å². The predicted molar refractivity (Wildman–Crippen MR) is 149 cm³/mol. The number of fused-ring (bicyclic) bond motifs is 2. The van der Waals surface area contributed by atoms with Crippen LogP contribution in [0.1, 0.15) is 34.8 Å². The number of nitrogens with zero attached hydrogens (tertiary/aromatic N) is 1. The Morgan fingerprint density at radius 3 is 2.34 bits per heavy atom. The maximum atomic E-state index is 14.4. The number of carbonyl (C=O) groups is 2. The summed E-state index contributed by atoms with van der Waals surface area (Å²) in [6.07, 6.45) is -0.128. The largest absolute Gasteiger partial charge is 0.432 e. The monoisotopic (exact) mass is 530 g/mol. The molecule has 2 heterocycles. The van der Waals surface area contributed by atoms with Crippen molar-refractivity contribution in [3.05, 3.63) is 95.6 Å². The van der Waals surface area contributed by atoms with E-state index in [1.54, 1.807) is 23.1 Å². The number of hydrogen-bond acceptors (Lipinski definition) is 5. The summed E-state index contributed by atoms with van der Waals surface area (Å²) in [5.74, 6) is -0.762. The number of anilines is 2. The Balaban J connectivity index is 1.60. The molecular formula is C30H34N2O5Si. The molecule has 198 valence electrons. The van der Waals surface area contributed by atoms with Crippen LogP contribution >= 0.6 is 0 Å². The number of rotatable bonds is 7. The molecule has 0 unspecified atom stereocenters. The van der Waals surface area contributed by atoms with Crippen LogP contribution in [0.25, 0.3) is 0 Å². The van der Waals surface area contributed by atoms with E-state index in [-0.39, 0.29) is 29.9 Å². The first-order chi connectivity index (χ1) is 18.2. The van der Waals surface area contributed by atoms with Gasteiger partial charge in [-0.3, -0.25) is 9.59 Å². The fraction of sp³-hybridized carbons (Fsp3) is 0.333. The fourth-order valence-corrected chi connectivity index (χ4v) is 8.87. The van der Waals surface area contributed by atoms with Gasteiger partial charge in [0, 0.05) is 34.9 Å². The topological polar surface area (TPSA) is 99.1 Å². The summed E-state index contributed by atoms with van der Waals surface area (Å²) in [7, 11) is -2.79. The highest BCUT2D eigenvalue weighted by atomic mass is 28.4. The molecule has 0 bridgehead atoms. The van der Waals surface area contributed by atoms with E-state index in [1.165, 1.54) is 0 Å². The van der Waals surface area contributed by atoms with Crippen molar-refractivity contribution in [3.8, 4) is 0 Å². The molecular weight excluding hydrogens is 496 g/mol. The van der Waals surface area contributed by atoms with Crippen LogP contribution in [0.15, 0.2) is 78.9 Å². The average Bonchev–Trinajstić information content (AvgIpc) is 3.32. The van der Waals surface area contributed by atoms with Crippen LogP contribution in [0.4, 0.5) is 11.4 Å². The third-order valence-electron chi connectivity index (χ3n) is 7.87. The third-order valence-corrected chi connectivity index (χ3v) is 10.4. The Hall–Kier alpha value is -3.30. The maximum absolute atomic E-state index is 14.4. The zero-order valence-electron chi connectivity index (χ0n) is 21.9. The summed E-state index contributed by atoms with van der Waals surface area (Å²) in [5.41, 5.74) is 1.90. The molecule has 0 aromatic heterocycles. The minimum atomic E-state index is -2.79. The Kier molecular flexibility index (Phi) is 7.00. The molecule has 3 aromatic carbocycles. The molecule has 1 fully saturated rings. The molecule has 7 nitrogen and oxygen atoms in total. The van der Waals surface area contributed by atoms with Crippen molar-refractivity contribution in [1.82, 2.24) is 0 Å². The molecule has 3 N–H and O–H groups in total. The molecule has 5 rings (SSSR count). The van der Waals surface area contributed by atoms with Gasteiger partial charge in [-0.25, -0.2) is 0 Å². The van der Waals surface area contributed by atoms with Crippen LogP contribution in [0, 0.1) is 5.92 Å². The molecule has 1 spiro atoms. The lowest BCUT2D eigenvalue weighted by molar-refractivity contribution is -0.146. The quantitative estimate of drug-likeness (QED) is 0.386. The first-order valence-corrected chi connectivity index (χ1v) is 16.1. The highest BCUT2D eigenvalue weighted by molar-refractivity contribution is 6.71. The zero-order valence-corrected chi connectivity index (χ0v) is 22.9. The second-order valence-corrected chi connectivity index (χ2v) is 14.8. The number of ether oxygens (including phenoxy) is 1. The summed E-state index contributed by atoms with van der Waals surface area (Å²) in [6.45, 7) is 5.96. The molecule has 2 amide bonds. The van der Waals surface area contributed by atoms with E-state index in [0.29, 0.717) is 29.8 Å². The molecule has 2 aliphatic rings. The summed E-state index contributed by atoms with van der Waals surface area (Å²) >= 11 is 0. The van der Waals surface area contributed by atoms with Gasteiger partial charge >= 0.3 is 0 Å². The van der Waals surface area contributed by atoms with Crippen molar-refractivity contribution in [3.63, 3.8) is 0 Å². The predicted octanol–water partition coefficient (Wildman–Crippen LogP) is 4.67. The van der Waals surface area contributed by atoms with Gasteiger partial charge in [0.2, 0.25) is 0 Å². The van der Waals surface area contributed by atoms with E-state index < -0.39 is 20.0 Å². The van der Waals surface area contributed by atoms with Crippen LogP contribution in [0.5, 0.6) is 0 Å². The van der Waals surface area contributed by atoms with Crippen LogP contribution < -0.4 is 10.2 Å². The summed E-state index contributed by atoms with van der Waals surface area (Å²) in [4.78, 5) is 40.3. The molecule has 0 saturated carbocycles. The van der Waals surface area contributed by atoms with Gasteiger partial charge in [-0.15, -0.1) is 0 Å². The number of carbonyl (C=O) groups excluding carboxylic acids is 2. The van der Waals surface area contributed by atoms with E-state index in [0.717, 1.165) is 11.3 Å². The molecule has 1 saturated heterocycles. The second-order valence-electron chi connectivity index (χ2n) is 10.8. The minimum Gasteiger partial charge on any atom is -0.432 e. The summed E-state index contributed by atoms with van der Waals surface area (Å²) < 4.78 is 6.66. The maximum Gasteiger partial charge on any atom is 0.264 e. The number of nitrogens with one attached hydrogen (secondary N) is 1. The van der Waals surface area contributed by atoms with Gasteiger partial charge in [0.15, 0.2) is 13.9 Å². The van der Waals surface area contributed by atoms with Crippen LogP contribution in [-0.4, -0.2) is 42.7 Å². The van der Waals surface area contributed by atoms with E-state index in [1.807, 2.05) is 80.7 Å². The van der Waals surface area contributed by atoms with Crippen molar-refractivity contribution in [2.24, 2.45) is 5.92 Å². The Bertz CT molecular complexity index is 1330. The first kappa shape index (κ1) is 26.3. The second kappa shape index (κ2) is 10.1. The summed E-state index contributed by atoms with van der Waals surface area (Å²) in [6, 6.07) is 24.2. The van der Waals surface area contributed by atoms with Gasteiger partial charge in [0.1, 0.15) is 0 Å². The van der Waals surface area contributed by atoms with Gasteiger partial charge in [-0.1, -0.05) is 55.5 Å². The van der Waals surface area contributed by atoms with E-state index in [2.05, 4.69) is 5.32 Å². The molecule has 4 atom stereocenters. The SMILES string of the molecule is C[C@H]1[C@H]([Si](C)(C)O)[C@@H](CCO)O[C@]12C(=O)N(Cc1ccccc1)c1ccc(NC(=O)c3ccccc3)cc12. The fourth-order valence-electron chi connectivity index (χ4n) is 6.27. The molecule has 0 aliphatic carbocycles. The van der Waals surface area contributed by atoms with Gasteiger partial charge in [0.25, 0.3) is 11.8 Å². The highest BCUT2D eigenvalue weighted by Gasteiger charge is 2.66. The average molecular weight is 531 g/mol. The van der Waals surface area contributed by atoms with Gasteiger partial charge in [0.05, 0.1) is 18.3 Å².